The smallest absolute Gasteiger partial charge is 0.411 e. The van der Waals surface area contributed by atoms with Crippen LogP contribution in [0.5, 0.6) is 11.5 Å². The van der Waals surface area contributed by atoms with Gasteiger partial charge in [-0.25, -0.2) is 9.59 Å². The van der Waals surface area contributed by atoms with Crippen molar-refractivity contribution in [3.8, 4) is 11.5 Å². The lowest BCUT2D eigenvalue weighted by Crippen LogP contribution is -2.23. The summed E-state index contributed by atoms with van der Waals surface area (Å²) in [5, 5.41) is 17.6. The molecular formula is C21H28N2O7. The topological polar surface area (TPSA) is 109 Å². The molecule has 0 fully saturated rings. The van der Waals surface area contributed by atoms with Gasteiger partial charge >= 0.3 is 12.2 Å². The Morgan fingerprint density at radius 3 is 1.90 bits per heavy atom. The van der Waals surface area contributed by atoms with Gasteiger partial charge in [-0.05, 0) is 49.2 Å². The zero-order valence-electron chi connectivity index (χ0n) is 18.0. The molecular weight excluding hydrogens is 392 g/mol. The summed E-state index contributed by atoms with van der Waals surface area (Å²) < 4.78 is 15.1. The van der Waals surface area contributed by atoms with Crippen LogP contribution in [0.25, 0.3) is 0 Å². The summed E-state index contributed by atoms with van der Waals surface area (Å²) in [6.45, 7) is 3.93. The maximum absolute atomic E-state index is 10.8. The van der Waals surface area contributed by atoms with E-state index in [4.69, 9.17) is 24.4 Å². The Hall–Kier alpha value is -3.46. The number of amides is 2. The molecule has 2 rings (SSSR count). The molecule has 30 heavy (non-hydrogen) atoms. The quantitative estimate of drug-likeness (QED) is 0.674. The van der Waals surface area contributed by atoms with Crippen LogP contribution in [0.3, 0.4) is 0 Å². The first-order chi connectivity index (χ1) is 14.1. The lowest BCUT2D eigenvalue weighted by Gasteiger charge is -2.16. The van der Waals surface area contributed by atoms with E-state index in [9.17, 15) is 9.59 Å². The molecule has 9 nitrogen and oxygen atoms in total. The van der Waals surface area contributed by atoms with E-state index in [0.29, 0.717) is 17.1 Å². The minimum atomic E-state index is -1.01. The average molecular weight is 420 g/mol. The van der Waals surface area contributed by atoms with Gasteiger partial charge < -0.3 is 24.4 Å². The summed E-state index contributed by atoms with van der Waals surface area (Å²) in [5.41, 5.74) is 3.07. The minimum Gasteiger partial charge on any atom is -0.496 e. The van der Waals surface area contributed by atoms with Crippen LogP contribution in [0.4, 0.5) is 21.0 Å². The third-order valence-corrected chi connectivity index (χ3v) is 4.16. The predicted octanol–water partition coefficient (Wildman–Crippen LogP) is 4.21. The van der Waals surface area contributed by atoms with Gasteiger partial charge in [0.05, 0.1) is 12.8 Å². The fourth-order valence-corrected chi connectivity index (χ4v) is 2.57. The van der Waals surface area contributed by atoms with Crippen molar-refractivity contribution in [3.05, 3.63) is 47.5 Å². The predicted molar refractivity (Wildman–Crippen MR) is 114 cm³/mol. The standard InChI is InChI=1S/C11H15NO3.C10H13NO4/c1-7-5-9(12(3)11(13)14)6-8(2)10(7)15-4;1-11(10(12)13)8-4-3-5-9(6-8)15-7-14-2/h5-6H,1-4H3,(H,13,14);3-6H,7H2,1-2H3,(H,12,13). The Kier molecular flexibility index (Phi) is 9.44. The number of carboxylic acid groups (broad SMARTS) is 2. The zero-order valence-corrected chi connectivity index (χ0v) is 18.0. The van der Waals surface area contributed by atoms with Gasteiger partial charge in [-0.15, -0.1) is 0 Å². The van der Waals surface area contributed by atoms with Gasteiger partial charge in [0.2, 0.25) is 0 Å². The molecule has 9 heteroatoms. The van der Waals surface area contributed by atoms with Crippen LogP contribution in [0.1, 0.15) is 11.1 Å². The van der Waals surface area contributed by atoms with Gasteiger partial charge in [-0.2, -0.15) is 0 Å². The number of aryl methyl sites for hydroxylation is 2. The molecule has 2 aromatic rings. The molecule has 0 aliphatic rings. The maximum Gasteiger partial charge on any atom is 0.411 e. The van der Waals surface area contributed by atoms with E-state index in [2.05, 4.69) is 0 Å². The molecule has 0 aliphatic carbocycles. The first-order valence-electron chi connectivity index (χ1n) is 8.92. The number of rotatable bonds is 6. The number of anilines is 2. The Morgan fingerprint density at radius 1 is 0.900 bits per heavy atom. The van der Waals surface area contributed by atoms with Crippen molar-refractivity contribution in [3.63, 3.8) is 0 Å². The van der Waals surface area contributed by atoms with E-state index >= 15 is 0 Å². The Labute approximate surface area is 176 Å². The normalized spacial score (nSPS) is 9.80. The first-order valence-corrected chi connectivity index (χ1v) is 8.92. The second-order valence-corrected chi connectivity index (χ2v) is 6.34. The molecule has 0 aromatic heterocycles. The van der Waals surface area contributed by atoms with Crippen molar-refractivity contribution in [1.82, 2.24) is 0 Å². The van der Waals surface area contributed by atoms with Crippen molar-refractivity contribution < 1.29 is 34.0 Å². The third kappa shape index (κ3) is 6.85. The molecule has 2 N–H and O–H groups in total. The van der Waals surface area contributed by atoms with E-state index in [1.54, 1.807) is 43.5 Å². The number of carbonyl (C=O) groups is 2. The van der Waals surface area contributed by atoms with Gasteiger partial charge in [0, 0.05) is 33.0 Å². The van der Waals surface area contributed by atoms with Gasteiger partial charge in [0.15, 0.2) is 6.79 Å². The van der Waals surface area contributed by atoms with Gasteiger partial charge in [-0.1, -0.05) is 6.07 Å². The van der Waals surface area contributed by atoms with Gasteiger partial charge in [0.25, 0.3) is 0 Å². The van der Waals surface area contributed by atoms with Gasteiger partial charge in [0.1, 0.15) is 11.5 Å². The molecule has 0 unspecified atom stereocenters. The molecule has 0 radical (unpaired) electrons. The number of nitrogens with zero attached hydrogens (tertiary/aromatic N) is 2. The second kappa shape index (κ2) is 11.5. The molecule has 0 saturated heterocycles. The fraction of sp³-hybridized carbons (Fsp3) is 0.333. The summed E-state index contributed by atoms with van der Waals surface area (Å²) in [4.78, 5) is 23.7. The molecule has 0 saturated carbocycles. The lowest BCUT2D eigenvalue weighted by molar-refractivity contribution is 0.0511. The number of hydrogen-bond donors (Lipinski definition) is 2. The second-order valence-electron chi connectivity index (χ2n) is 6.34. The molecule has 164 valence electrons. The Morgan fingerprint density at radius 2 is 1.43 bits per heavy atom. The van der Waals surface area contributed by atoms with Crippen LogP contribution in [-0.4, -0.2) is 57.5 Å². The first kappa shape index (κ1) is 24.6. The Balaban J connectivity index is 0.000000300. The molecule has 0 atom stereocenters. The van der Waals surface area contributed by atoms with E-state index in [0.717, 1.165) is 21.8 Å². The number of methoxy groups -OCH3 is 2. The SMILES string of the molecule is COCOc1cccc(N(C)C(=O)O)c1.COc1c(C)cc(N(C)C(=O)O)cc1C. The van der Waals surface area contributed by atoms with Crippen LogP contribution in [0.2, 0.25) is 0 Å². The summed E-state index contributed by atoms with van der Waals surface area (Å²) in [7, 11) is 6.12. The maximum atomic E-state index is 10.8. The van der Waals surface area contributed by atoms with E-state index in [-0.39, 0.29) is 6.79 Å². The zero-order chi connectivity index (χ0) is 22.8. The van der Waals surface area contributed by atoms with Crippen molar-refractivity contribution in [2.75, 3.05) is 44.9 Å². The highest BCUT2D eigenvalue weighted by Crippen LogP contribution is 2.28. The van der Waals surface area contributed by atoms with Crippen LogP contribution in [-0.2, 0) is 4.74 Å². The van der Waals surface area contributed by atoms with E-state index in [1.807, 2.05) is 13.8 Å². The largest absolute Gasteiger partial charge is 0.496 e. The molecule has 0 spiro atoms. The average Bonchev–Trinajstić information content (AvgIpc) is 2.71. The monoisotopic (exact) mass is 420 g/mol. The van der Waals surface area contributed by atoms with E-state index < -0.39 is 12.2 Å². The minimum absolute atomic E-state index is 0.139. The molecule has 0 aliphatic heterocycles. The van der Waals surface area contributed by atoms with Crippen molar-refractivity contribution in [2.45, 2.75) is 13.8 Å². The number of hydrogen-bond acceptors (Lipinski definition) is 5. The van der Waals surface area contributed by atoms with Gasteiger partial charge in [-0.3, -0.25) is 9.80 Å². The highest BCUT2D eigenvalue weighted by Gasteiger charge is 2.12. The van der Waals surface area contributed by atoms with Crippen LogP contribution in [0, 0.1) is 13.8 Å². The summed E-state index contributed by atoms with van der Waals surface area (Å²) >= 11 is 0. The van der Waals surface area contributed by atoms with E-state index in [1.165, 1.54) is 26.1 Å². The Bertz CT molecular complexity index is 847. The molecule has 0 bridgehead atoms. The highest BCUT2D eigenvalue weighted by atomic mass is 16.7. The third-order valence-electron chi connectivity index (χ3n) is 4.16. The van der Waals surface area contributed by atoms with Crippen LogP contribution in [0.15, 0.2) is 36.4 Å². The summed E-state index contributed by atoms with van der Waals surface area (Å²) in [5.74, 6) is 1.37. The van der Waals surface area contributed by atoms with Crippen molar-refractivity contribution in [1.29, 1.82) is 0 Å². The van der Waals surface area contributed by atoms with Crippen molar-refractivity contribution in [2.24, 2.45) is 0 Å². The number of benzene rings is 2. The van der Waals surface area contributed by atoms with Crippen molar-refractivity contribution >= 4 is 23.6 Å². The fourth-order valence-electron chi connectivity index (χ4n) is 2.57. The van der Waals surface area contributed by atoms with Crippen LogP contribution < -0.4 is 19.3 Å². The summed E-state index contributed by atoms with van der Waals surface area (Å²) in [6.07, 6.45) is -1.99. The highest BCUT2D eigenvalue weighted by molar-refractivity contribution is 5.86. The van der Waals surface area contributed by atoms with Crippen LogP contribution >= 0.6 is 0 Å². The lowest BCUT2D eigenvalue weighted by atomic mass is 10.1. The molecule has 0 heterocycles. The molecule has 2 aromatic carbocycles. The molecule has 2 amide bonds. The number of ether oxygens (including phenoxy) is 3. The summed E-state index contributed by atoms with van der Waals surface area (Å²) in [6, 6.07) is 10.4.